The molecule has 0 radical (unpaired) electrons. The fourth-order valence-corrected chi connectivity index (χ4v) is 0.440. The quantitative estimate of drug-likeness (QED) is 0.269. The van der Waals surface area contributed by atoms with Gasteiger partial charge in [0, 0.05) is 0 Å². The molecule has 0 aromatic heterocycles. The van der Waals surface area contributed by atoms with Gasteiger partial charge in [-0.1, -0.05) is 0 Å². The standard InChI is InChI=1S/C4H8O2.Na.H2O/c1-2-4-6-5-3-1;;/h1-4H2;;1H2/q;+1;/p-1. The molecular formula is C4H9NaO3. The fourth-order valence-electron chi connectivity index (χ4n) is 0.440. The summed E-state index contributed by atoms with van der Waals surface area (Å²) in [5, 5.41) is 0. The smallest absolute Gasteiger partial charge is 0.870 e. The Hall–Kier alpha value is 0.880. The van der Waals surface area contributed by atoms with Crippen molar-refractivity contribution < 1.29 is 44.8 Å². The van der Waals surface area contributed by atoms with E-state index in [0.717, 1.165) is 26.1 Å². The molecule has 0 aliphatic carbocycles. The van der Waals surface area contributed by atoms with Gasteiger partial charge in [0.2, 0.25) is 0 Å². The molecule has 0 spiro atoms. The Balaban J connectivity index is 0. The third-order valence-corrected chi connectivity index (χ3v) is 0.789. The molecule has 1 heterocycles. The maximum atomic E-state index is 4.57. The van der Waals surface area contributed by atoms with Crippen LogP contribution in [0.25, 0.3) is 0 Å². The Morgan fingerprint density at radius 3 is 1.38 bits per heavy atom. The van der Waals surface area contributed by atoms with E-state index >= 15 is 0 Å². The molecule has 1 N–H and O–H groups in total. The number of rotatable bonds is 0. The zero-order valence-corrected chi connectivity index (χ0v) is 7.09. The van der Waals surface area contributed by atoms with Crippen LogP contribution in [0.5, 0.6) is 0 Å². The van der Waals surface area contributed by atoms with Crippen LogP contribution in [0.3, 0.4) is 0 Å². The summed E-state index contributed by atoms with van der Waals surface area (Å²) in [5.41, 5.74) is 0. The largest absolute Gasteiger partial charge is 1.00 e. The second-order valence-corrected chi connectivity index (χ2v) is 1.35. The van der Waals surface area contributed by atoms with Crippen molar-refractivity contribution in [2.24, 2.45) is 0 Å². The number of hydrogen-bond acceptors (Lipinski definition) is 3. The van der Waals surface area contributed by atoms with Gasteiger partial charge < -0.3 is 5.48 Å². The van der Waals surface area contributed by atoms with Gasteiger partial charge in [-0.25, -0.2) is 9.78 Å². The Morgan fingerprint density at radius 1 is 0.875 bits per heavy atom. The first-order valence-electron chi connectivity index (χ1n) is 2.24. The number of hydrogen-bond donors (Lipinski definition) is 0. The van der Waals surface area contributed by atoms with Crippen molar-refractivity contribution in [2.45, 2.75) is 12.8 Å². The van der Waals surface area contributed by atoms with E-state index in [9.17, 15) is 0 Å². The molecule has 0 aromatic rings. The van der Waals surface area contributed by atoms with Crippen LogP contribution in [-0.4, -0.2) is 18.7 Å². The predicted molar refractivity (Wildman–Crippen MR) is 23.1 cm³/mol. The van der Waals surface area contributed by atoms with Gasteiger partial charge in [0.1, 0.15) is 0 Å². The normalized spacial score (nSPS) is 18.0. The summed E-state index contributed by atoms with van der Waals surface area (Å²) in [6.07, 6.45) is 2.31. The molecular weight excluding hydrogens is 119 g/mol. The third kappa shape index (κ3) is 5.03. The summed E-state index contributed by atoms with van der Waals surface area (Å²) in [6, 6.07) is 0. The summed E-state index contributed by atoms with van der Waals surface area (Å²) in [4.78, 5) is 9.14. The molecule has 1 saturated heterocycles. The topological polar surface area (TPSA) is 48.5 Å². The average molecular weight is 128 g/mol. The summed E-state index contributed by atoms with van der Waals surface area (Å²) in [5.74, 6) is 0. The molecule has 0 saturated carbocycles. The second-order valence-electron chi connectivity index (χ2n) is 1.35. The summed E-state index contributed by atoms with van der Waals surface area (Å²) < 4.78 is 0. The van der Waals surface area contributed by atoms with Gasteiger partial charge >= 0.3 is 29.6 Å². The van der Waals surface area contributed by atoms with Crippen molar-refractivity contribution in [1.82, 2.24) is 0 Å². The van der Waals surface area contributed by atoms with Gasteiger partial charge in [0.05, 0.1) is 13.2 Å². The van der Waals surface area contributed by atoms with E-state index in [1.165, 1.54) is 0 Å². The van der Waals surface area contributed by atoms with Crippen LogP contribution < -0.4 is 29.6 Å². The third-order valence-electron chi connectivity index (χ3n) is 0.789. The molecule has 1 aliphatic rings. The average Bonchev–Trinajstić information content (AvgIpc) is 1.72. The van der Waals surface area contributed by atoms with E-state index in [0.29, 0.717) is 0 Å². The van der Waals surface area contributed by atoms with Crippen molar-refractivity contribution in [3.63, 3.8) is 0 Å². The molecule has 8 heavy (non-hydrogen) atoms. The van der Waals surface area contributed by atoms with Gasteiger partial charge in [0.15, 0.2) is 0 Å². The summed E-state index contributed by atoms with van der Waals surface area (Å²) in [6.45, 7) is 1.56. The van der Waals surface area contributed by atoms with E-state index in [2.05, 4.69) is 9.78 Å². The van der Waals surface area contributed by atoms with Gasteiger partial charge in [-0.2, -0.15) is 0 Å². The molecule has 0 atom stereocenters. The van der Waals surface area contributed by atoms with Crippen LogP contribution in [0.2, 0.25) is 0 Å². The van der Waals surface area contributed by atoms with Crippen molar-refractivity contribution in [3.05, 3.63) is 0 Å². The summed E-state index contributed by atoms with van der Waals surface area (Å²) >= 11 is 0. The molecule has 0 bridgehead atoms. The molecule has 0 unspecified atom stereocenters. The minimum Gasteiger partial charge on any atom is -0.870 e. The van der Waals surface area contributed by atoms with Gasteiger partial charge in [-0.15, -0.1) is 0 Å². The maximum Gasteiger partial charge on any atom is 1.00 e. The monoisotopic (exact) mass is 128 g/mol. The zero-order chi connectivity index (χ0) is 4.24. The van der Waals surface area contributed by atoms with Crippen LogP contribution in [0, 0.1) is 0 Å². The van der Waals surface area contributed by atoms with Crippen LogP contribution in [-0.2, 0) is 9.78 Å². The van der Waals surface area contributed by atoms with Crippen LogP contribution in [0.4, 0.5) is 0 Å². The zero-order valence-electron chi connectivity index (χ0n) is 5.09. The van der Waals surface area contributed by atoms with Crippen LogP contribution in [0.15, 0.2) is 0 Å². The van der Waals surface area contributed by atoms with Crippen LogP contribution in [0.1, 0.15) is 12.8 Å². The SMILES string of the molecule is C1CCOOC1.[Na+].[OH-]. The molecule has 3 nitrogen and oxygen atoms in total. The van der Waals surface area contributed by atoms with E-state index in [1.54, 1.807) is 0 Å². The first kappa shape index (κ1) is 11.6. The van der Waals surface area contributed by atoms with Crippen molar-refractivity contribution in [3.8, 4) is 0 Å². The van der Waals surface area contributed by atoms with Gasteiger partial charge in [-0.05, 0) is 12.8 Å². The molecule has 44 valence electrons. The van der Waals surface area contributed by atoms with Crippen LogP contribution >= 0.6 is 0 Å². The Kier molecular flexibility index (Phi) is 11.5. The summed E-state index contributed by atoms with van der Waals surface area (Å²) in [7, 11) is 0. The Labute approximate surface area is 70.9 Å². The van der Waals surface area contributed by atoms with Gasteiger partial charge in [0.25, 0.3) is 0 Å². The fraction of sp³-hybridized carbons (Fsp3) is 1.00. The van der Waals surface area contributed by atoms with Crippen molar-refractivity contribution in [2.75, 3.05) is 13.2 Å². The molecule has 0 amide bonds. The first-order valence-corrected chi connectivity index (χ1v) is 2.24. The van der Waals surface area contributed by atoms with E-state index in [-0.39, 0.29) is 35.0 Å². The van der Waals surface area contributed by atoms with E-state index in [1.807, 2.05) is 0 Å². The van der Waals surface area contributed by atoms with Crippen molar-refractivity contribution in [1.29, 1.82) is 0 Å². The maximum absolute atomic E-state index is 4.57. The first-order chi connectivity index (χ1) is 3.00. The molecule has 1 fully saturated rings. The molecule has 0 aromatic carbocycles. The minimum atomic E-state index is 0. The molecule has 4 heteroatoms. The Bertz CT molecular complexity index is 26.8. The molecule has 1 aliphatic heterocycles. The van der Waals surface area contributed by atoms with E-state index in [4.69, 9.17) is 0 Å². The molecule has 1 rings (SSSR count). The van der Waals surface area contributed by atoms with Crippen molar-refractivity contribution >= 4 is 0 Å². The minimum absolute atomic E-state index is 0. The second kappa shape index (κ2) is 7.88. The van der Waals surface area contributed by atoms with Gasteiger partial charge in [-0.3, -0.25) is 0 Å². The van der Waals surface area contributed by atoms with E-state index < -0.39 is 0 Å². The Morgan fingerprint density at radius 2 is 1.25 bits per heavy atom. The predicted octanol–water partition coefficient (Wildman–Crippen LogP) is -2.44.